The molecule has 3 rings (SSSR count). The molecule has 1 atom stereocenters. The third-order valence-corrected chi connectivity index (χ3v) is 5.75. The Hall–Kier alpha value is -2.93. The highest BCUT2D eigenvalue weighted by Crippen LogP contribution is 2.28. The lowest BCUT2D eigenvalue weighted by molar-refractivity contribution is -0.135. The second kappa shape index (κ2) is 11.0. The van der Waals surface area contributed by atoms with E-state index in [9.17, 15) is 14.0 Å². The topological polar surface area (TPSA) is 61.9 Å². The highest BCUT2D eigenvalue weighted by molar-refractivity contribution is 6.04. The standard InChI is InChI=1S/C27H36FN3O3/c1-27(2,3)16-25(32)31(18-23-10-7-13-34-23)17-20-15-22(11-12-24(20)30(4)5)29-26(33)19-8-6-9-21(28)14-19/h6,8-9,11-12,14-15,23H,7,10,13,16-18H2,1-5H3,(H,29,33)/t23-/m0/s1. The van der Waals surface area contributed by atoms with E-state index >= 15 is 0 Å². The van der Waals surface area contributed by atoms with E-state index in [-0.39, 0.29) is 28.9 Å². The molecule has 0 bridgehead atoms. The van der Waals surface area contributed by atoms with Crippen LogP contribution >= 0.6 is 0 Å². The van der Waals surface area contributed by atoms with Gasteiger partial charge in [-0.1, -0.05) is 26.8 Å². The number of carbonyl (C=O) groups is 2. The predicted octanol–water partition coefficient (Wildman–Crippen LogP) is 5.09. The number of anilines is 2. The Balaban J connectivity index is 1.86. The average Bonchev–Trinajstić information content (AvgIpc) is 3.25. The maximum atomic E-state index is 13.5. The van der Waals surface area contributed by atoms with Crippen LogP contribution in [0, 0.1) is 11.2 Å². The third-order valence-electron chi connectivity index (χ3n) is 5.75. The van der Waals surface area contributed by atoms with Gasteiger partial charge in [0.25, 0.3) is 5.91 Å². The van der Waals surface area contributed by atoms with Gasteiger partial charge >= 0.3 is 0 Å². The lowest BCUT2D eigenvalue weighted by Crippen LogP contribution is -2.38. The summed E-state index contributed by atoms with van der Waals surface area (Å²) in [5.41, 5.74) is 2.59. The summed E-state index contributed by atoms with van der Waals surface area (Å²) >= 11 is 0. The van der Waals surface area contributed by atoms with E-state index in [4.69, 9.17) is 4.74 Å². The molecule has 1 aliphatic heterocycles. The summed E-state index contributed by atoms with van der Waals surface area (Å²) < 4.78 is 19.4. The number of benzene rings is 2. The summed E-state index contributed by atoms with van der Waals surface area (Å²) in [5.74, 6) is -0.761. The first-order chi connectivity index (χ1) is 16.0. The molecule has 1 fully saturated rings. The van der Waals surface area contributed by atoms with Gasteiger partial charge in [-0.25, -0.2) is 4.39 Å². The Labute approximate surface area is 202 Å². The lowest BCUT2D eigenvalue weighted by Gasteiger charge is -2.30. The predicted molar refractivity (Wildman–Crippen MR) is 134 cm³/mol. The monoisotopic (exact) mass is 469 g/mol. The highest BCUT2D eigenvalue weighted by Gasteiger charge is 2.26. The third kappa shape index (κ3) is 7.29. The SMILES string of the molecule is CN(C)c1ccc(NC(=O)c2cccc(F)c2)cc1CN(C[C@@H]1CCCO1)C(=O)CC(C)(C)C. The molecule has 1 saturated heterocycles. The van der Waals surface area contributed by atoms with Crippen molar-refractivity contribution in [3.63, 3.8) is 0 Å². The van der Waals surface area contributed by atoms with Crippen molar-refractivity contribution in [3.8, 4) is 0 Å². The molecule has 0 radical (unpaired) electrons. The van der Waals surface area contributed by atoms with Crippen molar-refractivity contribution >= 4 is 23.2 Å². The van der Waals surface area contributed by atoms with Gasteiger partial charge in [-0.2, -0.15) is 0 Å². The summed E-state index contributed by atoms with van der Waals surface area (Å²) in [6.07, 6.45) is 2.44. The van der Waals surface area contributed by atoms with Crippen molar-refractivity contribution in [2.45, 2.75) is 52.7 Å². The fraction of sp³-hybridized carbons (Fsp3) is 0.481. The zero-order valence-corrected chi connectivity index (χ0v) is 20.9. The summed E-state index contributed by atoms with van der Waals surface area (Å²) in [5, 5.41) is 2.85. The number of nitrogens with zero attached hydrogens (tertiary/aromatic N) is 2. The Bertz CT molecular complexity index is 1010. The maximum absolute atomic E-state index is 13.5. The minimum absolute atomic E-state index is 0.0441. The van der Waals surface area contributed by atoms with Gasteiger partial charge in [0.05, 0.1) is 6.10 Å². The van der Waals surface area contributed by atoms with E-state index in [0.717, 1.165) is 30.7 Å². The van der Waals surface area contributed by atoms with Crippen molar-refractivity contribution in [1.29, 1.82) is 0 Å². The van der Waals surface area contributed by atoms with Crippen molar-refractivity contribution in [3.05, 3.63) is 59.4 Å². The van der Waals surface area contributed by atoms with E-state index in [0.29, 0.717) is 25.2 Å². The molecule has 2 aromatic rings. The lowest BCUT2D eigenvalue weighted by atomic mass is 9.91. The first-order valence-corrected chi connectivity index (χ1v) is 11.8. The van der Waals surface area contributed by atoms with Gasteiger partial charge in [0.15, 0.2) is 0 Å². The van der Waals surface area contributed by atoms with Gasteiger partial charge in [-0.15, -0.1) is 0 Å². The van der Waals surface area contributed by atoms with Crippen LogP contribution in [0.5, 0.6) is 0 Å². The van der Waals surface area contributed by atoms with Gasteiger partial charge in [-0.05, 0) is 60.2 Å². The van der Waals surface area contributed by atoms with Crippen LogP contribution in [0.15, 0.2) is 42.5 Å². The van der Waals surface area contributed by atoms with Crippen molar-refractivity contribution < 1.29 is 18.7 Å². The van der Waals surface area contributed by atoms with Crippen LogP contribution in [-0.2, 0) is 16.1 Å². The number of ether oxygens (including phenoxy) is 1. The van der Waals surface area contributed by atoms with Crippen LogP contribution in [0.4, 0.5) is 15.8 Å². The van der Waals surface area contributed by atoms with Crippen LogP contribution in [0.25, 0.3) is 0 Å². The first-order valence-electron chi connectivity index (χ1n) is 11.8. The summed E-state index contributed by atoms with van der Waals surface area (Å²) in [7, 11) is 3.90. The van der Waals surface area contributed by atoms with Gasteiger partial charge < -0.3 is 19.9 Å². The number of carbonyl (C=O) groups excluding carboxylic acids is 2. The summed E-state index contributed by atoms with van der Waals surface area (Å²) in [6.45, 7) is 7.86. The fourth-order valence-corrected chi connectivity index (χ4v) is 4.12. The van der Waals surface area contributed by atoms with Crippen LogP contribution in [-0.4, -0.2) is 50.1 Å². The summed E-state index contributed by atoms with van der Waals surface area (Å²) in [6, 6.07) is 11.2. The average molecular weight is 470 g/mol. The molecule has 184 valence electrons. The second-order valence-corrected chi connectivity index (χ2v) is 10.3. The van der Waals surface area contributed by atoms with Crippen LogP contribution < -0.4 is 10.2 Å². The number of rotatable bonds is 8. The van der Waals surface area contributed by atoms with E-state index < -0.39 is 5.82 Å². The summed E-state index contributed by atoms with van der Waals surface area (Å²) in [4.78, 5) is 29.8. The zero-order valence-electron chi connectivity index (χ0n) is 20.9. The Kier molecular flexibility index (Phi) is 8.31. The van der Waals surface area contributed by atoms with E-state index in [1.165, 1.54) is 18.2 Å². The Morgan fingerprint density at radius 3 is 2.53 bits per heavy atom. The second-order valence-electron chi connectivity index (χ2n) is 10.3. The van der Waals surface area contributed by atoms with Crippen molar-refractivity contribution in [2.75, 3.05) is 37.5 Å². The van der Waals surface area contributed by atoms with Crippen molar-refractivity contribution in [1.82, 2.24) is 4.90 Å². The molecule has 1 N–H and O–H groups in total. The van der Waals surface area contributed by atoms with Crippen LogP contribution in [0.3, 0.4) is 0 Å². The quantitative estimate of drug-likeness (QED) is 0.585. The van der Waals surface area contributed by atoms with E-state index in [2.05, 4.69) is 26.1 Å². The molecule has 7 heteroatoms. The molecule has 0 spiro atoms. The molecule has 0 aliphatic carbocycles. The van der Waals surface area contributed by atoms with E-state index in [1.54, 1.807) is 6.07 Å². The van der Waals surface area contributed by atoms with Crippen molar-refractivity contribution in [2.24, 2.45) is 5.41 Å². The largest absolute Gasteiger partial charge is 0.377 e. The van der Waals surface area contributed by atoms with Crippen LogP contribution in [0.2, 0.25) is 0 Å². The van der Waals surface area contributed by atoms with Crippen LogP contribution in [0.1, 0.15) is 56.0 Å². The number of amides is 2. The maximum Gasteiger partial charge on any atom is 0.255 e. The molecule has 0 saturated carbocycles. The molecular weight excluding hydrogens is 433 g/mol. The molecule has 0 unspecified atom stereocenters. The number of nitrogens with one attached hydrogen (secondary N) is 1. The molecule has 1 heterocycles. The molecular formula is C27H36FN3O3. The molecule has 0 aromatic heterocycles. The van der Waals surface area contributed by atoms with Gasteiger partial charge in [-0.3, -0.25) is 9.59 Å². The fourth-order valence-electron chi connectivity index (χ4n) is 4.12. The smallest absolute Gasteiger partial charge is 0.255 e. The molecule has 34 heavy (non-hydrogen) atoms. The number of hydrogen-bond donors (Lipinski definition) is 1. The van der Waals surface area contributed by atoms with Gasteiger partial charge in [0, 0.05) is 57.2 Å². The molecule has 1 aliphatic rings. The zero-order chi connectivity index (χ0) is 24.9. The number of hydrogen-bond acceptors (Lipinski definition) is 4. The molecule has 2 amide bonds. The number of halogens is 1. The molecule has 2 aromatic carbocycles. The minimum Gasteiger partial charge on any atom is -0.377 e. The Morgan fingerprint density at radius 2 is 1.91 bits per heavy atom. The highest BCUT2D eigenvalue weighted by atomic mass is 19.1. The Morgan fingerprint density at radius 1 is 1.15 bits per heavy atom. The molecule has 6 nitrogen and oxygen atoms in total. The first kappa shape index (κ1) is 25.7. The minimum atomic E-state index is -0.460. The van der Waals surface area contributed by atoms with E-state index in [1.807, 2.05) is 42.1 Å². The van der Waals surface area contributed by atoms with Gasteiger partial charge in [0.2, 0.25) is 5.91 Å². The van der Waals surface area contributed by atoms with Gasteiger partial charge in [0.1, 0.15) is 5.82 Å². The normalized spacial score (nSPS) is 15.8.